The van der Waals surface area contributed by atoms with E-state index < -0.39 is 0 Å². The zero-order chi connectivity index (χ0) is 16.7. The minimum atomic E-state index is -0.187. The summed E-state index contributed by atoms with van der Waals surface area (Å²) in [6, 6.07) is 17.5. The molecule has 2 amide bonds. The Morgan fingerprint density at radius 1 is 1.09 bits per heavy atom. The quantitative estimate of drug-likeness (QED) is 0.851. The van der Waals surface area contributed by atoms with Gasteiger partial charge in [0, 0.05) is 18.1 Å². The topological polar surface area (TPSA) is 44.4 Å². The molecule has 0 radical (unpaired) electrons. The van der Waals surface area contributed by atoms with Crippen molar-refractivity contribution in [3.63, 3.8) is 0 Å². The van der Waals surface area contributed by atoms with Crippen LogP contribution in [0.2, 0.25) is 5.02 Å². The van der Waals surface area contributed by atoms with E-state index in [0.717, 1.165) is 5.56 Å². The number of carbonyl (C=O) groups is 1. The van der Waals surface area contributed by atoms with Gasteiger partial charge in [0.2, 0.25) is 0 Å². The third-order valence-corrected chi connectivity index (χ3v) is 3.84. The van der Waals surface area contributed by atoms with Crippen molar-refractivity contribution < 1.29 is 4.79 Å². The summed E-state index contributed by atoms with van der Waals surface area (Å²) in [5.74, 6) is 0. The fourth-order valence-corrected chi connectivity index (χ4v) is 2.57. The average Bonchev–Trinajstić information content (AvgIpc) is 2.54. The highest BCUT2D eigenvalue weighted by Crippen LogP contribution is 2.16. The molecule has 2 rings (SSSR count). The van der Waals surface area contributed by atoms with Crippen LogP contribution in [0.5, 0.6) is 0 Å². The molecule has 1 atom stereocenters. The lowest BCUT2D eigenvalue weighted by Gasteiger charge is -2.25. The van der Waals surface area contributed by atoms with Crippen LogP contribution >= 0.6 is 11.6 Å². The molecule has 23 heavy (non-hydrogen) atoms. The molecule has 5 heteroatoms. The number of carbonyl (C=O) groups excluding carboxylic acids is 1. The fraction of sp³-hybridized carbons (Fsp3) is 0.278. The van der Waals surface area contributed by atoms with Gasteiger partial charge < -0.3 is 15.5 Å². The van der Waals surface area contributed by atoms with Gasteiger partial charge in [-0.15, -0.1) is 0 Å². The highest BCUT2D eigenvalue weighted by Gasteiger charge is 2.14. The number of nitrogens with zero attached hydrogens (tertiary/aromatic N) is 1. The fourth-order valence-electron chi connectivity index (χ4n) is 2.35. The van der Waals surface area contributed by atoms with E-state index in [-0.39, 0.29) is 12.1 Å². The van der Waals surface area contributed by atoms with Gasteiger partial charge in [-0.25, -0.2) is 4.79 Å². The zero-order valence-corrected chi connectivity index (χ0v) is 14.2. The molecule has 0 aliphatic rings. The van der Waals surface area contributed by atoms with E-state index in [1.54, 1.807) is 0 Å². The molecule has 0 bridgehead atoms. The van der Waals surface area contributed by atoms with Crippen molar-refractivity contribution in [1.29, 1.82) is 0 Å². The Hall–Kier alpha value is -2.04. The van der Waals surface area contributed by atoms with Gasteiger partial charge in [-0.1, -0.05) is 54.1 Å². The van der Waals surface area contributed by atoms with Crippen molar-refractivity contribution >= 4 is 17.6 Å². The van der Waals surface area contributed by atoms with Crippen molar-refractivity contribution in [2.24, 2.45) is 0 Å². The molecule has 0 spiro atoms. The maximum Gasteiger partial charge on any atom is 0.315 e. The number of rotatable bonds is 6. The number of benzene rings is 2. The Morgan fingerprint density at radius 3 is 2.48 bits per heavy atom. The number of nitrogens with one attached hydrogen (secondary N) is 2. The average molecular weight is 332 g/mol. The molecule has 2 aromatic carbocycles. The van der Waals surface area contributed by atoms with Gasteiger partial charge in [0.25, 0.3) is 0 Å². The molecule has 0 heterocycles. The Kier molecular flexibility index (Phi) is 6.44. The Bertz CT molecular complexity index is 631. The molecular formula is C18H22ClN3O. The number of urea groups is 1. The maximum atomic E-state index is 12.0. The van der Waals surface area contributed by atoms with Crippen LogP contribution in [0.15, 0.2) is 54.6 Å². The molecule has 0 aliphatic heterocycles. The van der Waals surface area contributed by atoms with Gasteiger partial charge >= 0.3 is 6.03 Å². The van der Waals surface area contributed by atoms with Crippen molar-refractivity contribution in [2.45, 2.75) is 12.6 Å². The van der Waals surface area contributed by atoms with Crippen LogP contribution in [0.25, 0.3) is 0 Å². The lowest BCUT2D eigenvalue weighted by atomic mass is 10.1. The molecule has 0 saturated heterocycles. The van der Waals surface area contributed by atoms with Gasteiger partial charge in [-0.05, 0) is 37.4 Å². The third-order valence-electron chi connectivity index (χ3n) is 3.61. The van der Waals surface area contributed by atoms with Crippen LogP contribution in [0.3, 0.4) is 0 Å². The summed E-state index contributed by atoms with van der Waals surface area (Å²) in [5.41, 5.74) is 2.15. The monoisotopic (exact) mass is 331 g/mol. The van der Waals surface area contributed by atoms with Crippen LogP contribution in [0, 0.1) is 0 Å². The summed E-state index contributed by atoms with van der Waals surface area (Å²) in [7, 11) is 4.01. The van der Waals surface area contributed by atoms with Crippen LogP contribution in [-0.2, 0) is 6.54 Å². The van der Waals surface area contributed by atoms with E-state index >= 15 is 0 Å². The number of likely N-dealkylation sites (N-methyl/N-ethyl adjacent to an activating group) is 1. The zero-order valence-electron chi connectivity index (χ0n) is 13.4. The standard InChI is InChI=1S/C18H22ClN3O/c1-22(2)17(15-8-4-3-5-9-15)13-21-18(23)20-12-14-7-6-10-16(19)11-14/h3-11,17H,12-13H2,1-2H3,(H2,20,21,23). The second-order valence-corrected chi connectivity index (χ2v) is 6.02. The highest BCUT2D eigenvalue weighted by molar-refractivity contribution is 6.30. The predicted molar refractivity (Wildman–Crippen MR) is 94.6 cm³/mol. The smallest absolute Gasteiger partial charge is 0.315 e. The van der Waals surface area contributed by atoms with E-state index in [4.69, 9.17) is 11.6 Å². The van der Waals surface area contributed by atoms with E-state index in [1.165, 1.54) is 5.56 Å². The van der Waals surface area contributed by atoms with E-state index in [1.807, 2.05) is 56.6 Å². The first-order valence-corrected chi connectivity index (χ1v) is 7.91. The van der Waals surface area contributed by atoms with Gasteiger partial charge in [0.05, 0.1) is 6.04 Å². The molecule has 0 saturated carbocycles. The number of amides is 2. The lowest BCUT2D eigenvalue weighted by Crippen LogP contribution is -2.40. The largest absolute Gasteiger partial charge is 0.336 e. The second-order valence-electron chi connectivity index (χ2n) is 5.58. The summed E-state index contributed by atoms with van der Waals surface area (Å²) >= 11 is 5.93. The first kappa shape index (κ1) is 17.3. The van der Waals surface area contributed by atoms with E-state index in [9.17, 15) is 4.79 Å². The van der Waals surface area contributed by atoms with Gasteiger partial charge in [0.1, 0.15) is 0 Å². The van der Waals surface area contributed by atoms with Crippen molar-refractivity contribution in [3.05, 3.63) is 70.7 Å². The molecule has 2 aromatic rings. The molecule has 4 nitrogen and oxygen atoms in total. The Balaban J connectivity index is 1.85. The van der Waals surface area contributed by atoms with Gasteiger partial charge in [0.15, 0.2) is 0 Å². The Labute approximate surface area is 142 Å². The van der Waals surface area contributed by atoms with Crippen LogP contribution < -0.4 is 10.6 Å². The normalized spacial score (nSPS) is 12.0. The van der Waals surface area contributed by atoms with Crippen molar-refractivity contribution in [1.82, 2.24) is 15.5 Å². The molecular weight excluding hydrogens is 310 g/mol. The molecule has 0 fully saturated rings. The first-order chi connectivity index (χ1) is 11.1. The SMILES string of the molecule is CN(C)C(CNC(=O)NCc1cccc(Cl)c1)c1ccccc1. The minimum absolute atomic E-state index is 0.133. The number of hydrogen-bond donors (Lipinski definition) is 2. The van der Waals surface area contributed by atoms with Gasteiger partial charge in [-0.3, -0.25) is 0 Å². The first-order valence-electron chi connectivity index (χ1n) is 7.54. The summed E-state index contributed by atoms with van der Waals surface area (Å²) in [6.07, 6.45) is 0. The van der Waals surface area contributed by atoms with Gasteiger partial charge in [-0.2, -0.15) is 0 Å². The molecule has 122 valence electrons. The molecule has 0 aromatic heterocycles. The Morgan fingerprint density at radius 2 is 1.83 bits per heavy atom. The van der Waals surface area contributed by atoms with Crippen LogP contribution in [-0.4, -0.2) is 31.6 Å². The van der Waals surface area contributed by atoms with Crippen molar-refractivity contribution in [2.75, 3.05) is 20.6 Å². The van der Waals surface area contributed by atoms with Crippen molar-refractivity contribution in [3.8, 4) is 0 Å². The summed E-state index contributed by atoms with van der Waals surface area (Å²) in [6.45, 7) is 0.989. The highest BCUT2D eigenvalue weighted by atomic mass is 35.5. The number of halogens is 1. The summed E-state index contributed by atoms with van der Waals surface area (Å²) in [5, 5.41) is 6.44. The van der Waals surface area contributed by atoms with E-state index in [0.29, 0.717) is 18.1 Å². The van der Waals surface area contributed by atoms with E-state index in [2.05, 4.69) is 27.7 Å². The van der Waals surface area contributed by atoms with Crippen LogP contribution in [0.1, 0.15) is 17.2 Å². The predicted octanol–water partition coefficient (Wildman–Crippen LogP) is 3.44. The maximum absolute atomic E-state index is 12.0. The molecule has 0 aliphatic carbocycles. The second kappa shape index (κ2) is 8.56. The molecule has 2 N–H and O–H groups in total. The third kappa shape index (κ3) is 5.58. The summed E-state index contributed by atoms with van der Waals surface area (Å²) < 4.78 is 0. The molecule has 1 unspecified atom stereocenters. The van der Waals surface area contributed by atoms with Crippen LogP contribution in [0.4, 0.5) is 4.79 Å². The minimum Gasteiger partial charge on any atom is -0.336 e. The lowest BCUT2D eigenvalue weighted by molar-refractivity contribution is 0.232. The summed E-state index contributed by atoms with van der Waals surface area (Å²) in [4.78, 5) is 14.1. The number of hydrogen-bond acceptors (Lipinski definition) is 2.